The minimum Gasteiger partial charge on any atom is -0.455 e. The molecule has 0 aliphatic carbocycles. The Morgan fingerprint density at radius 3 is 2.55 bits per heavy atom. The molecule has 1 heterocycles. The van der Waals surface area contributed by atoms with Gasteiger partial charge in [-0.05, 0) is 53.0 Å². The highest BCUT2D eigenvalue weighted by molar-refractivity contribution is 6.02. The number of carbonyl (C=O) groups excluding carboxylic acids is 3. The van der Waals surface area contributed by atoms with Gasteiger partial charge < -0.3 is 25.8 Å². The highest BCUT2D eigenvalue weighted by Gasteiger charge is 2.30. The van der Waals surface area contributed by atoms with Gasteiger partial charge in [-0.1, -0.05) is 25.3 Å². The van der Waals surface area contributed by atoms with Crippen LogP contribution in [-0.4, -0.2) is 59.6 Å². The van der Waals surface area contributed by atoms with E-state index in [0.29, 0.717) is 11.3 Å². The number of amides is 2. The molecule has 33 heavy (non-hydrogen) atoms. The maximum Gasteiger partial charge on any atom is 0.437 e. The average Bonchev–Trinajstić information content (AvgIpc) is 2.68. The van der Waals surface area contributed by atoms with Crippen molar-refractivity contribution in [1.82, 2.24) is 10.2 Å². The minimum absolute atomic E-state index is 0.0382. The lowest BCUT2D eigenvalue weighted by Gasteiger charge is -2.27. The number of nitrogens with two attached hydrogens (primary N) is 2. The van der Waals surface area contributed by atoms with E-state index in [0.717, 1.165) is 32.1 Å². The molecule has 0 saturated heterocycles. The SMILES string of the molecule is [2H]C([2H])([2H])N1/C(=N\C(=O)OC(C)(C)C)NC(=O)CCCCCCC/C=C\C(C)OC(=O)C1N=C(N)N. The van der Waals surface area contributed by atoms with Gasteiger partial charge in [0.1, 0.15) is 11.7 Å². The fourth-order valence-corrected chi connectivity index (χ4v) is 2.82. The number of nitrogens with one attached hydrogen (secondary N) is 1. The summed E-state index contributed by atoms with van der Waals surface area (Å²) in [6, 6.07) is 0. The number of guanidine groups is 2. The molecule has 0 aromatic rings. The molecule has 11 heteroatoms. The maximum atomic E-state index is 13.1. The number of hydrogen-bond donors (Lipinski definition) is 3. The fourth-order valence-electron chi connectivity index (χ4n) is 2.82. The quantitative estimate of drug-likeness (QED) is 0.228. The average molecular weight is 470 g/mol. The number of rotatable bonds is 1. The van der Waals surface area contributed by atoms with Crippen LogP contribution in [0.5, 0.6) is 0 Å². The molecule has 5 N–H and O–H groups in total. The van der Waals surface area contributed by atoms with Crippen molar-refractivity contribution in [1.29, 1.82) is 0 Å². The van der Waals surface area contributed by atoms with Gasteiger partial charge in [-0.15, -0.1) is 4.99 Å². The Bertz CT molecular complexity index is 863. The Hall–Kier alpha value is -3.11. The zero-order chi connectivity index (χ0) is 27.5. The molecule has 1 aliphatic heterocycles. The van der Waals surface area contributed by atoms with Crippen LogP contribution in [0.25, 0.3) is 0 Å². The zero-order valence-electron chi connectivity index (χ0n) is 22.8. The zero-order valence-corrected chi connectivity index (χ0v) is 19.8. The van der Waals surface area contributed by atoms with E-state index in [1.54, 1.807) is 33.8 Å². The van der Waals surface area contributed by atoms with Crippen LogP contribution in [0.2, 0.25) is 0 Å². The molecule has 0 saturated carbocycles. The predicted octanol–water partition coefficient (Wildman–Crippen LogP) is 2.16. The number of allylic oxidation sites excluding steroid dienone is 1. The number of esters is 1. The van der Waals surface area contributed by atoms with Crippen molar-refractivity contribution in [2.75, 3.05) is 6.98 Å². The second-order valence-electron chi connectivity index (χ2n) is 8.64. The summed E-state index contributed by atoms with van der Waals surface area (Å²) in [5.41, 5.74) is 9.99. The Morgan fingerprint density at radius 2 is 1.91 bits per heavy atom. The molecule has 0 spiro atoms. The minimum atomic E-state index is -3.14. The standard InChI is InChI=1S/C22H38N6O5/c1-15-13-11-9-7-6-8-10-12-14-16(29)25-20(27-21(31)33-22(2,3)4)28(5)17(18(30)32-15)26-19(23)24/h11,13,15,17H,6-10,12,14H2,1-5H3,(H4,23,24,26)(H,25,27,29,31)/b13-11-/i5D3. The third kappa shape index (κ3) is 11.9. The Balaban J connectivity index is 3.60. The van der Waals surface area contributed by atoms with Crippen LogP contribution in [0.4, 0.5) is 4.79 Å². The van der Waals surface area contributed by atoms with Crippen molar-refractivity contribution in [3.8, 4) is 0 Å². The highest BCUT2D eigenvalue weighted by atomic mass is 16.6. The number of aliphatic imine (C=N–C) groups is 2. The molecule has 1 rings (SSSR count). The van der Waals surface area contributed by atoms with E-state index in [1.165, 1.54) is 0 Å². The van der Waals surface area contributed by atoms with Crippen LogP contribution in [0.15, 0.2) is 22.1 Å². The summed E-state index contributed by atoms with van der Waals surface area (Å²) in [6.45, 7) is 3.20. The Labute approximate surface area is 199 Å². The summed E-state index contributed by atoms with van der Waals surface area (Å²) >= 11 is 0. The molecule has 11 nitrogen and oxygen atoms in total. The van der Waals surface area contributed by atoms with E-state index in [1.807, 2.05) is 6.08 Å². The number of likely N-dealkylation sites (N-methyl/N-ethyl adjacent to an activating group) is 1. The molecule has 0 fully saturated rings. The van der Waals surface area contributed by atoms with E-state index in [9.17, 15) is 14.4 Å². The monoisotopic (exact) mass is 469 g/mol. The van der Waals surface area contributed by atoms with Crippen molar-refractivity contribution >= 4 is 29.9 Å². The summed E-state index contributed by atoms with van der Waals surface area (Å²) in [5, 5.41) is 2.32. The predicted molar refractivity (Wildman–Crippen MR) is 126 cm³/mol. The first-order chi connectivity index (χ1) is 16.6. The van der Waals surface area contributed by atoms with Crippen molar-refractivity contribution in [3.05, 3.63) is 12.2 Å². The van der Waals surface area contributed by atoms with Crippen molar-refractivity contribution in [2.24, 2.45) is 21.5 Å². The van der Waals surface area contributed by atoms with Crippen molar-refractivity contribution < 1.29 is 28.0 Å². The van der Waals surface area contributed by atoms with E-state index in [2.05, 4.69) is 15.3 Å². The lowest BCUT2D eigenvalue weighted by atomic mass is 10.1. The number of carbonyl (C=O) groups is 3. The van der Waals surface area contributed by atoms with Crippen LogP contribution in [-0.2, 0) is 19.1 Å². The number of nitrogens with zero attached hydrogens (tertiary/aromatic N) is 3. The van der Waals surface area contributed by atoms with Crippen LogP contribution in [0, 0.1) is 0 Å². The van der Waals surface area contributed by atoms with Gasteiger partial charge in [0.15, 0.2) is 5.96 Å². The molecule has 1 aliphatic rings. The molecular formula is C22H38N6O5. The van der Waals surface area contributed by atoms with Gasteiger partial charge in [0.05, 0.1) is 0 Å². The maximum absolute atomic E-state index is 13.1. The summed E-state index contributed by atoms with van der Waals surface area (Å²) in [5.74, 6) is -3.13. The molecule has 2 unspecified atom stereocenters. The van der Waals surface area contributed by atoms with Gasteiger partial charge in [-0.25, -0.2) is 14.6 Å². The van der Waals surface area contributed by atoms with Gasteiger partial charge in [0.25, 0.3) is 0 Å². The third-order valence-electron chi connectivity index (χ3n) is 4.28. The molecule has 0 bridgehead atoms. The van der Waals surface area contributed by atoms with E-state index < -0.39 is 54.7 Å². The second-order valence-corrected chi connectivity index (χ2v) is 8.64. The van der Waals surface area contributed by atoms with E-state index in [4.69, 9.17) is 25.1 Å². The van der Waals surface area contributed by atoms with Crippen LogP contribution < -0.4 is 16.8 Å². The van der Waals surface area contributed by atoms with Crippen molar-refractivity contribution in [3.63, 3.8) is 0 Å². The first-order valence-corrected chi connectivity index (χ1v) is 11.0. The molecule has 0 aromatic heterocycles. The van der Waals surface area contributed by atoms with Gasteiger partial charge in [-0.2, -0.15) is 0 Å². The number of cyclic esters (lactones) is 1. The lowest BCUT2D eigenvalue weighted by Crippen LogP contribution is -2.51. The second kappa shape index (κ2) is 13.4. The number of ether oxygens (including phenoxy) is 2. The molecule has 0 aromatic carbocycles. The van der Waals surface area contributed by atoms with Crippen LogP contribution in [0.3, 0.4) is 0 Å². The van der Waals surface area contributed by atoms with E-state index >= 15 is 0 Å². The number of hydrogen-bond acceptors (Lipinski definition) is 6. The van der Waals surface area contributed by atoms with Crippen molar-refractivity contribution in [2.45, 2.75) is 90.5 Å². The Morgan fingerprint density at radius 1 is 1.24 bits per heavy atom. The topological polar surface area (TPSA) is 162 Å². The van der Waals surface area contributed by atoms with Gasteiger partial charge in [-0.3, -0.25) is 10.1 Å². The van der Waals surface area contributed by atoms with E-state index in [-0.39, 0.29) is 6.42 Å². The molecule has 2 atom stereocenters. The first-order valence-electron chi connectivity index (χ1n) is 12.5. The molecule has 0 radical (unpaired) electrons. The summed E-state index contributed by atoms with van der Waals surface area (Å²) in [4.78, 5) is 46.0. The van der Waals surface area contributed by atoms with Gasteiger partial charge in [0, 0.05) is 17.5 Å². The Kier molecular flexibility index (Phi) is 9.39. The molecule has 186 valence electrons. The van der Waals surface area contributed by atoms with Crippen LogP contribution in [0.1, 0.15) is 76.8 Å². The summed E-state index contributed by atoms with van der Waals surface area (Å²) < 4.78 is 34.6. The first kappa shape index (κ1) is 23.1. The lowest BCUT2D eigenvalue weighted by molar-refractivity contribution is -0.150. The summed E-state index contributed by atoms with van der Waals surface area (Å²) in [7, 11) is 0. The smallest absolute Gasteiger partial charge is 0.437 e. The normalized spacial score (nSPS) is 26.0. The largest absolute Gasteiger partial charge is 0.455 e. The molecule has 2 amide bonds. The van der Waals surface area contributed by atoms with Gasteiger partial charge >= 0.3 is 12.1 Å². The fraction of sp³-hybridized carbons (Fsp3) is 0.682. The van der Waals surface area contributed by atoms with Gasteiger partial charge in [0.2, 0.25) is 18.0 Å². The summed E-state index contributed by atoms with van der Waals surface area (Å²) in [6.07, 6.45) is 4.56. The molecular weight excluding hydrogens is 428 g/mol. The third-order valence-corrected chi connectivity index (χ3v) is 4.28. The highest BCUT2D eigenvalue weighted by Crippen LogP contribution is 2.12. The van der Waals surface area contributed by atoms with Crippen LogP contribution >= 0.6 is 0 Å².